The highest BCUT2D eigenvalue weighted by molar-refractivity contribution is 4.98. The van der Waals surface area contributed by atoms with Crippen LogP contribution < -0.4 is 5.32 Å². The molecule has 0 fully saturated rings. The molecule has 86 valence electrons. The number of hydrogen-bond acceptors (Lipinski definition) is 5. The minimum absolute atomic E-state index is 0.599. The second kappa shape index (κ2) is 4.89. The highest BCUT2D eigenvalue weighted by atomic mass is 16.4. The van der Waals surface area contributed by atoms with E-state index in [9.17, 15) is 0 Å². The predicted octanol–water partition coefficient (Wildman–Crippen LogP) is 0.444. The summed E-state index contributed by atoms with van der Waals surface area (Å²) >= 11 is 0. The molecule has 0 radical (unpaired) electrons. The molecular formula is C10H15N5O. The highest BCUT2D eigenvalue weighted by Crippen LogP contribution is 1.97. The molecule has 0 aliphatic carbocycles. The van der Waals surface area contributed by atoms with Crippen LogP contribution >= 0.6 is 0 Å². The Morgan fingerprint density at radius 3 is 2.94 bits per heavy atom. The zero-order chi connectivity index (χ0) is 11.4. The number of hydrogen-bond donors (Lipinski definition) is 1. The van der Waals surface area contributed by atoms with Crippen LogP contribution in [0, 0.1) is 6.92 Å². The Bertz CT molecular complexity index is 405. The van der Waals surface area contributed by atoms with Crippen molar-refractivity contribution < 1.29 is 4.42 Å². The van der Waals surface area contributed by atoms with Gasteiger partial charge >= 0.3 is 0 Å². The molecule has 0 unspecified atom stereocenters. The Morgan fingerprint density at radius 2 is 2.31 bits per heavy atom. The van der Waals surface area contributed by atoms with Crippen LogP contribution in [0.25, 0.3) is 0 Å². The van der Waals surface area contributed by atoms with Gasteiger partial charge in [-0.25, -0.2) is 0 Å². The van der Waals surface area contributed by atoms with Gasteiger partial charge in [-0.05, 0) is 6.07 Å². The average molecular weight is 221 g/mol. The number of nitrogens with zero attached hydrogens (tertiary/aromatic N) is 4. The molecule has 0 amide bonds. The molecule has 0 aromatic carbocycles. The van der Waals surface area contributed by atoms with Crippen molar-refractivity contribution in [3.05, 3.63) is 29.7 Å². The van der Waals surface area contributed by atoms with Crippen molar-refractivity contribution in [1.82, 2.24) is 25.3 Å². The van der Waals surface area contributed by atoms with Crippen LogP contribution in [0.1, 0.15) is 17.5 Å². The van der Waals surface area contributed by atoms with E-state index in [1.54, 1.807) is 11.6 Å². The number of aryl methyl sites for hydroxylation is 2. The molecule has 0 spiro atoms. The van der Waals surface area contributed by atoms with Gasteiger partial charge in [0.2, 0.25) is 11.8 Å². The van der Waals surface area contributed by atoms with E-state index >= 15 is 0 Å². The number of rotatable bonds is 5. The first-order valence-corrected chi connectivity index (χ1v) is 5.22. The molecule has 2 heterocycles. The van der Waals surface area contributed by atoms with E-state index in [1.807, 2.05) is 19.3 Å². The third-order valence-corrected chi connectivity index (χ3v) is 2.17. The molecule has 0 saturated heterocycles. The molecule has 1 N–H and O–H groups in total. The van der Waals surface area contributed by atoms with Crippen molar-refractivity contribution in [2.24, 2.45) is 7.05 Å². The van der Waals surface area contributed by atoms with Crippen molar-refractivity contribution in [2.45, 2.75) is 19.9 Å². The normalized spacial score (nSPS) is 10.9. The van der Waals surface area contributed by atoms with E-state index in [1.165, 1.54) is 0 Å². The Balaban J connectivity index is 1.69. The molecule has 0 bridgehead atoms. The van der Waals surface area contributed by atoms with Crippen LogP contribution in [-0.2, 0) is 20.0 Å². The van der Waals surface area contributed by atoms with E-state index in [4.69, 9.17) is 4.42 Å². The van der Waals surface area contributed by atoms with Gasteiger partial charge in [-0.2, -0.15) is 5.10 Å². The maximum atomic E-state index is 5.24. The number of aromatic nitrogens is 4. The van der Waals surface area contributed by atoms with Gasteiger partial charge < -0.3 is 9.73 Å². The molecule has 6 nitrogen and oxygen atoms in total. The van der Waals surface area contributed by atoms with Gasteiger partial charge in [0.1, 0.15) is 0 Å². The van der Waals surface area contributed by atoms with Gasteiger partial charge in [0.15, 0.2) is 0 Å². The fourth-order valence-corrected chi connectivity index (χ4v) is 1.42. The van der Waals surface area contributed by atoms with Gasteiger partial charge in [0.05, 0.1) is 12.2 Å². The van der Waals surface area contributed by atoms with E-state index < -0.39 is 0 Å². The van der Waals surface area contributed by atoms with Crippen LogP contribution in [0.2, 0.25) is 0 Å². The van der Waals surface area contributed by atoms with Crippen LogP contribution in [-0.4, -0.2) is 26.5 Å². The fraction of sp³-hybridized carbons (Fsp3) is 0.500. The van der Waals surface area contributed by atoms with Gasteiger partial charge in [0, 0.05) is 33.1 Å². The van der Waals surface area contributed by atoms with Gasteiger partial charge in [-0.3, -0.25) is 4.68 Å². The summed E-state index contributed by atoms with van der Waals surface area (Å²) in [7, 11) is 1.91. The lowest BCUT2D eigenvalue weighted by molar-refractivity contribution is 0.447. The van der Waals surface area contributed by atoms with Crippen molar-refractivity contribution in [1.29, 1.82) is 0 Å². The summed E-state index contributed by atoms with van der Waals surface area (Å²) < 4.78 is 7.04. The van der Waals surface area contributed by atoms with Crippen LogP contribution in [0.3, 0.4) is 0 Å². The average Bonchev–Trinajstić information content (AvgIpc) is 2.83. The Labute approximate surface area is 93.7 Å². The molecule has 0 atom stereocenters. The zero-order valence-corrected chi connectivity index (χ0v) is 9.47. The maximum absolute atomic E-state index is 5.24. The first kappa shape index (κ1) is 10.8. The lowest BCUT2D eigenvalue weighted by atomic mass is 10.3. The number of nitrogens with one attached hydrogen (secondary N) is 1. The molecule has 6 heteroatoms. The largest absolute Gasteiger partial charge is 0.424 e. The van der Waals surface area contributed by atoms with Crippen molar-refractivity contribution in [3.63, 3.8) is 0 Å². The fourth-order valence-electron chi connectivity index (χ4n) is 1.42. The second-order valence-electron chi connectivity index (χ2n) is 3.62. The first-order valence-electron chi connectivity index (χ1n) is 5.22. The summed E-state index contributed by atoms with van der Waals surface area (Å²) in [5, 5.41) is 15.2. The summed E-state index contributed by atoms with van der Waals surface area (Å²) in [4.78, 5) is 0. The molecule has 2 rings (SSSR count). The van der Waals surface area contributed by atoms with Gasteiger partial charge in [-0.1, -0.05) is 0 Å². The monoisotopic (exact) mass is 221 g/mol. The summed E-state index contributed by atoms with van der Waals surface area (Å²) in [5.74, 6) is 1.22. The molecule has 2 aromatic rings. The molecule has 0 saturated carbocycles. The van der Waals surface area contributed by atoms with Crippen molar-refractivity contribution >= 4 is 0 Å². The molecule has 0 aliphatic heterocycles. The summed E-state index contributed by atoms with van der Waals surface area (Å²) in [6.45, 7) is 3.23. The molecule has 2 aromatic heterocycles. The van der Waals surface area contributed by atoms with Crippen LogP contribution in [0.4, 0.5) is 0 Å². The lowest BCUT2D eigenvalue weighted by Crippen LogP contribution is -2.17. The van der Waals surface area contributed by atoms with Crippen molar-refractivity contribution in [2.75, 3.05) is 6.54 Å². The lowest BCUT2D eigenvalue weighted by Gasteiger charge is -1.99. The summed E-state index contributed by atoms with van der Waals surface area (Å²) in [5.41, 5.74) is 1.08. The summed E-state index contributed by atoms with van der Waals surface area (Å²) in [6.07, 6.45) is 2.84. The third kappa shape index (κ3) is 2.90. The highest BCUT2D eigenvalue weighted by Gasteiger charge is 2.01. The van der Waals surface area contributed by atoms with Gasteiger partial charge in [0.25, 0.3) is 0 Å². The van der Waals surface area contributed by atoms with E-state index in [2.05, 4.69) is 20.6 Å². The standard InChI is InChI=1S/C10H15N5O/c1-8-12-13-10(16-8)7-11-5-3-9-4-6-15(2)14-9/h4,6,11H,3,5,7H2,1-2H3. The topological polar surface area (TPSA) is 68.8 Å². The minimum atomic E-state index is 0.599. The zero-order valence-electron chi connectivity index (χ0n) is 9.47. The molecular weight excluding hydrogens is 206 g/mol. The second-order valence-corrected chi connectivity index (χ2v) is 3.62. The Hall–Kier alpha value is -1.69. The van der Waals surface area contributed by atoms with Crippen LogP contribution in [0.5, 0.6) is 0 Å². The van der Waals surface area contributed by atoms with Gasteiger partial charge in [-0.15, -0.1) is 10.2 Å². The molecule has 0 aliphatic rings. The van der Waals surface area contributed by atoms with E-state index in [0.29, 0.717) is 18.3 Å². The van der Waals surface area contributed by atoms with Crippen molar-refractivity contribution in [3.8, 4) is 0 Å². The summed E-state index contributed by atoms with van der Waals surface area (Å²) in [6, 6.07) is 2.01. The third-order valence-electron chi connectivity index (χ3n) is 2.17. The predicted molar refractivity (Wildman–Crippen MR) is 57.7 cm³/mol. The van der Waals surface area contributed by atoms with E-state index in [-0.39, 0.29) is 0 Å². The quantitative estimate of drug-likeness (QED) is 0.742. The first-order chi connectivity index (χ1) is 7.74. The van der Waals surface area contributed by atoms with E-state index in [0.717, 1.165) is 18.7 Å². The smallest absolute Gasteiger partial charge is 0.230 e. The minimum Gasteiger partial charge on any atom is -0.424 e. The maximum Gasteiger partial charge on any atom is 0.230 e. The SMILES string of the molecule is Cc1nnc(CNCCc2ccn(C)n2)o1. The van der Waals surface area contributed by atoms with Crippen LogP contribution in [0.15, 0.2) is 16.7 Å². The molecule has 16 heavy (non-hydrogen) atoms. The Kier molecular flexibility index (Phi) is 3.31. The Morgan fingerprint density at radius 1 is 1.44 bits per heavy atom.